The number of carbonyl (C=O) groups is 2. The molecular formula is C29H40F3N7O3. The monoisotopic (exact) mass is 591 g/mol. The zero-order valence-electron chi connectivity index (χ0n) is 24.1. The van der Waals surface area contributed by atoms with E-state index in [2.05, 4.69) is 25.8 Å². The van der Waals surface area contributed by atoms with E-state index in [0.717, 1.165) is 23.4 Å². The van der Waals surface area contributed by atoms with Crippen LogP contribution in [0.2, 0.25) is 0 Å². The number of allylic oxidation sites excluding steroid dienone is 1. The third-order valence-corrected chi connectivity index (χ3v) is 8.54. The summed E-state index contributed by atoms with van der Waals surface area (Å²) in [5, 5.41) is 9.79. The van der Waals surface area contributed by atoms with E-state index in [1.807, 2.05) is 38.1 Å². The van der Waals surface area contributed by atoms with E-state index in [4.69, 9.17) is 4.74 Å². The molecule has 1 aromatic rings. The van der Waals surface area contributed by atoms with Crippen molar-refractivity contribution in [1.82, 2.24) is 35.6 Å². The minimum Gasteiger partial charge on any atom is -0.363 e. The van der Waals surface area contributed by atoms with E-state index in [1.54, 1.807) is 12.4 Å². The Labute approximate surface area is 244 Å². The summed E-state index contributed by atoms with van der Waals surface area (Å²) in [6, 6.07) is 1.16. The molecule has 10 nitrogen and oxygen atoms in total. The first-order valence-electron chi connectivity index (χ1n) is 14.8. The molecule has 0 saturated carbocycles. The molecule has 230 valence electrons. The third kappa shape index (κ3) is 6.07. The van der Waals surface area contributed by atoms with Gasteiger partial charge in [-0.3, -0.25) is 9.78 Å². The van der Waals surface area contributed by atoms with Gasteiger partial charge in [0, 0.05) is 69.4 Å². The fourth-order valence-electron chi connectivity index (χ4n) is 6.38. The SMILES string of the molecule is CCOC1(c2cccnc2)C=CC(N2CCN(C(=O)N3CCC[C@H]3C(F)(F)F)C[C@H]2CC)=C(C(=O)N[C@@H]2CCNC2)N1. The Bertz CT molecular complexity index is 1190. The van der Waals surface area contributed by atoms with Crippen LogP contribution in [0.1, 0.15) is 45.1 Å². The molecule has 1 unspecified atom stereocenters. The minimum atomic E-state index is -4.44. The molecule has 42 heavy (non-hydrogen) atoms. The first-order valence-corrected chi connectivity index (χ1v) is 14.8. The highest BCUT2D eigenvalue weighted by atomic mass is 19.4. The van der Waals surface area contributed by atoms with E-state index in [0.29, 0.717) is 43.9 Å². The number of nitrogens with zero attached hydrogens (tertiary/aromatic N) is 4. The Balaban J connectivity index is 1.42. The van der Waals surface area contributed by atoms with E-state index in [1.165, 1.54) is 4.90 Å². The van der Waals surface area contributed by atoms with Gasteiger partial charge in [0.1, 0.15) is 11.7 Å². The molecule has 3 N–H and O–H groups in total. The summed E-state index contributed by atoms with van der Waals surface area (Å²) < 4.78 is 47.0. The van der Waals surface area contributed by atoms with Crippen molar-refractivity contribution in [3.8, 4) is 0 Å². The van der Waals surface area contributed by atoms with Crippen LogP contribution >= 0.6 is 0 Å². The molecule has 0 radical (unpaired) electrons. The molecule has 3 saturated heterocycles. The van der Waals surface area contributed by atoms with Gasteiger partial charge >= 0.3 is 12.2 Å². The van der Waals surface area contributed by atoms with Crippen LogP contribution in [0.25, 0.3) is 0 Å². The molecule has 4 aliphatic rings. The maximum Gasteiger partial charge on any atom is 0.408 e. The van der Waals surface area contributed by atoms with Gasteiger partial charge in [0.05, 0.1) is 5.70 Å². The third-order valence-electron chi connectivity index (χ3n) is 8.54. The van der Waals surface area contributed by atoms with Crippen molar-refractivity contribution in [1.29, 1.82) is 0 Å². The lowest BCUT2D eigenvalue weighted by Crippen LogP contribution is -2.59. The van der Waals surface area contributed by atoms with Crippen LogP contribution in [-0.4, -0.2) is 102 Å². The van der Waals surface area contributed by atoms with Crippen molar-refractivity contribution in [3.63, 3.8) is 0 Å². The number of amides is 3. The molecule has 3 fully saturated rings. The fraction of sp³-hybridized carbons (Fsp3) is 0.621. The average molecular weight is 592 g/mol. The number of rotatable bonds is 7. The number of nitrogens with one attached hydrogen (secondary N) is 3. The van der Waals surface area contributed by atoms with E-state index < -0.39 is 24.0 Å². The molecule has 13 heteroatoms. The Hall–Kier alpha value is -3.32. The number of hydrogen-bond donors (Lipinski definition) is 3. The van der Waals surface area contributed by atoms with Gasteiger partial charge in [-0.15, -0.1) is 0 Å². The van der Waals surface area contributed by atoms with Gasteiger partial charge in [-0.1, -0.05) is 13.0 Å². The predicted molar refractivity (Wildman–Crippen MR) is 150 cm³/mol. The summed E-state index contributed by atoms with van der Waals surface area (Å²) in [7, 11) is 0. The van der Waals surface area contributed by atoms with Crippen LogP contribution in [-0.2, 0) is 15.3 Å². The largest absolute Gasteiger partial charge is 0.408 e. The first-order chi connectivity index (χ1) is 20.2. The summed E-state index contributed by atoms with van der Waals surface area (Å²) >= 11 is 0. The Morgan fingerprint density at radius 2 is 2.05 bits per heavy atom. The second-order valence-corrected chi connectivity index (χ2v) is 11.2. The average Bonchev–Trinajstić information content (AvgIpc) is 3.70. The Morgan fingerprint density at radius 3 is 2.71 bits per heavy atom. The summed E-state index contributed by atoms with van der Waals surface area (Å²) in [5.41, 5.74) is 0.624. The molecule has 1 aromatic heterocycles. The standard InChI is InChI=1S/C29H40F3N7O3/c1-3-22-19-37(27(41)39-14-6-8-24(39)29(30,31)32)15-16-38(22)23-9-11-28(42-4-2,20-7-5-12-33-17-20)36-25(23)26(40)35-21-10-13-34-18-21/h5,7,9,11-12,17,21-22,24,34,36H,3-4,6,8,10,13-16,18-19H2,1-2H3,(H,35,40)/t21-,22-,24+,28?/m1/s1. The molecule has 0 spiro atoms. The van der Waals surface area contributed by atoms with Gasteiger partial charge in [-0.25, -0.2) is 4.79 Å². The smallest absolute Gasteiger partial charge is 0.363 e. The number of urea groups is 1. The number of likely N-dealkylation sites (tertiary alicyclic amines) is 1. The van der Waals surface area contributed by atoms with Crippen LogP contribution in [0, 0.1) is 0 Å². The van der Waals surface area contributed by atoms with Gasteiger partial charge in [0.2, 0.25) is 0 Å². The van der Waals surface area contributed by atoms with E-state index in [9.17, 15) is 22.8 Å². The van der Waals surface area contributed by atoms with Gasteiger partial charge in [-0.2, -0.15) is 13.2 Å². The molecule has 0 bridgehead atoms. The molecule has 0 aliphatic carbocycles. The van der Waals surface area contributed by atoms with Crippen molar-refractivity contribution >= 4 is 11.9 Å². The summed E-state index contributed by atoms with van der Waals surface area (Å²) in [6.07, 6.45) is 4.39. The number of alkyl halides is 3. The topological polar surface area (TPSA) is 102 Å². The van der Waals surface area contributed by atoms with Crippen molar-refractivity contribution in [2.45, 2.75) is 69.6 Å². The fourth-order valence-corrected chi connectivity index (χ4v) is 6.38. The highest BCUT2D eigenvalue weighted by Crippen LogP contribution is 2.35. The number of pyridine rings is 1. The maximum atomic E-state index is 13.8. The first kappa shape index (κ1) is 30.1. The number of halogens is 3. The normalized spacial score (nSPS) is 28.3. The second kappa shape index (κ2) is 12.5. The lowest BCUT2D eigenvalue weighted by Gasteiger charge is -2.46. The van der Waals surface area contributed by atoms with Gasteiger partial charge in [-0.05, 0) is 57.4 Å². The molecular weight excluding hydrogens is 551 g/mol. The second-order valence-electron chi connectivity index (χ2n) is 11.2. The van der Waals surface area contributed by atoms with Crippen LogP contribution in [0.3, 0.4) is 0 Å². The van der Waals surface area contributed by atoms with E-state index in [-0.39, 0.29) is 44.0 Å². The molecule has 0 aromatic carbocycles. The zero-order valence-corrected chi connectivity index (χ0v) is 24.1. The maximum absolute atomic E-state index is 13.8. The van der Waals surface area contributed by atoms with Gasteiger partial charge < -0.3 is 35.4 Å². The molecule has 4 aliphatic heterocycles. The van der Waals surface area contributed by atoms with Crippen LogP contribution in [0.4, 0.5) is 18.0 Å². The van der Waals surface area contributed by atoms with Crippen LogP contribution in [0.5, 0.6) is 0 Å². The minimum absolute atomic E-state index is 0.0164. The lowest BCUT2D eigenvalue weighted by atomic mass is 9.97. The molecule has 4 atom stereocenters. The number of carbonyl (C=O) groups excluding carboxylic acids is 2. The highest BCUT2D eigenvalue weighted by molar-refractivity contribution is 5.94. The van der Waals surface area contributed by atoms with Crippen molar-refractivity contribution < 1.29 is 27.5 Å². The lowest BCUT2D eigenvalue weighted by molar-refractivity contribution is -0.170. The molecule has 5 rings (SSSR count). The van der Waals surface area contributed by atoms with Gasteiger partial charge in [0.15, 0.2) is 5.72 Å². The Kier molecular flexibility index (Phi) is 8.97. The van der Waals surface area contributed by atoms with Crippen molar-refractivity contribution in [2.24, 2.45) is 0 Å². The number of hydrogen-bond acceptors (Lipinski definition) is 7. The number of aromatic nitrogens is 1. The number of piperazine rings is 1. The summed E-state index contributed by atoms with van der Waals surface area (Å²) in [5.74, 6) is -0.269. The summed E-state index contributed by atoms with van der Waals surface area (Å²) in [4.78, 5) is 36.0. The van der Waals surface area contributed by atoms with Crippen LogP contribution < -0.4 is 16.0 Å². The number of dihydropyridines is 1. The van der Waals surface area contributed by atoms with Crippen LogP contribution in [0.15, 0.2) is 48.1 Å². The highest BCUT2D eigenvalue weighted by Gasteiger charge is 2.49. The predicted octanol–water partition coefficient (Wildman–Crippen LogP) is 2.66. The Morgan fingerprint density at radius 1 is 1.21 bits per heavy atom. The molecule has 5 heterocycles. The summed E-state index contributed by atoms with van der Waals surface area (Å²) in [6.45, 7) is 6.70. The zero-order chi connectivity index (χ0) is 29.9. The van der Waals surface area contributed by atoms with Crippen molar-refractivity contribution in [2.75, 3.05) is 45.9 Å². The van der Waals surface area contributed by atoms with Crippen molar-refractivity contribution in [3.05, 3.63) is 53.6 Å². The quantitative estimate of drug-likeness (QED) is 0.448. The molecule has 3 amide bonds. The number of ether oxygens (including phenoxy) is 1. The van der Waals surface area contributed by atoms with Gasteiger partial charge in [0.25, 0.3) is 5.91 Å². The van der Waals surface area contributed by atoms with E-state index >= 15 is 0 Å².